The number of ether oxygens (including phenoxy) is 1. The molecule has 4 nitrogen and oxygen atoms in total. The third-order valence-corrected chi connectivity index (χ3v) is 2.97. The molecule has 0 unspecified atom stereocenters. The number of rotatable bonds is 2. The van der Waals surface area contributed by atoms with Gasteiger partial charge in [0.2, 0.25) is 0 Å². The van der Waals surface area contributed by atoms with Crippen molar-refractivity contribution < 1.29 is 9.15 Å². The van der Waals surface area contributed by atoms with E-state index in [9.17, 15) is 0 Å². The van der Waals surface area contributed by atoms with Crippen LogP contribution in [0.2, 0.25) is 0 Å². The molecule has 0 amide bonds. The number of nitrogens with one attached hydrogen (secondary N) is 1. The van der Waals surface area contributed by atoms with E-state index < -0.39 is 0 Å². The van der Waals surface area contributed by atoms with Crippen molar-refractivity contribution in [3.05, 3.63) is 36.1 Å². The zero-order valence-electron chi connectivity index (χ0n) is 8.19. The second-order valence-electron chi connectivity index (χ2n) is 3.86. The largest absolute Gasteiger partial charge is 0.464 e. The van der Waals surface area contributed by atoms with Crippen LogP contribution in [0, 0.1) is 0 Å². The number of fused-ring (bicyclic) bond motifs is 1. The van der Waals surface area contributed by atoms with Crippen molar-refractivity contribution in [1.29, 1.82) is 0 Å². The number of nitrogens with two attached hydrogens (primary N) is 1. The Morgan fingerprint density at radius 2 is 2.07 bits per heavy atom. The van der Waals surface area contributed by atoms with E-state index in [1.807, 2.05) is 24.3 Å². The number of hydrogen-bond acceptors (Lipinski definition) is 4. The van der Waals surface area contributed by atoms with Crippen molar-refractivity contribution in [2.24, 2.45) is 5.84 Å². The molecule has 1 aromatic carbocycles. The van der Waals surface area contributed by atoms with E-state index in [-0.39, 0.29) is 5.54 Å². The molecule has 2 aromatic rings. The molecule has 78 valence electrons. The molecule has 15 heavy (non-hydrogen) atoms. The summed E-state index contributed by atoms with van der Waals surface area (Å²) in [6.07, 6.45) is 1.76. The number of hydrazine groups is 1. The summed E-state index contributed by atoms with van der Waals surface area (Å²) in [7, 11) is 0. The molecule has 4 heteroatoms. The molecule has 0 spiro atoms. The lowest BCUT2D eigenvalue weighted by atomic mass is 9.88. The summed E-state index contributed by atoms with van der Waals surface area (Å²) in [5, 5.41) is 1.10. The van der Waals surface area contributed by atoms with Crippen LogP contribution in [0.25, 0.3) is 11.0 Å². The number of benzene rings is 1. The predicted molar refractivity (Wildman–Crippen MR) is 56.0 cm³/mol. The number of furan rings is 1. The van der Waals surface area contributed by atoms with E-state index in [1.165, 1.54) is 0 Å². The molecule has 1 fully saturated rings. The minimum atomic E-state index is -0.271. The Balaban J connectivity index is 2.18. The van der Waals surface area contributed by atoms with Gasteiger partial charge in [-0.1, -0.05) is 18.2 Å². The standard InChI is InChI=1S/C11H12N2O2/c12-13-11(6-14-7-11)9-5-15-10-4-2-1-3-8(9)10/h1-5,13H,6-7,12H2. The lowest BCUT2D eigenvalue weighted by Gasteiger charge is -2.40. The van der Waals surface area contributed by atoms with Crippen LogP contribution in [0.5, 0.6) is 0 Å². The quantitative estimate of drug-likeness (QED) is 0.568. The highest BCUT2D eigenvalue weighted by Gasteiger charge is 2.41. The molecule has 0 atom stereocenters. The monoisotopic (exact) mass is 204 g/mol. The van der Waals surface area contributed by atoms with Gasteiger partial charge in [0.05, 0.1) is 19.5 Å². The predicted octanol–water partition coefficient (Wildman–Crippen LogP) is 1.12. The third-order valence-electron chi connectivity index (χ3n) is 2.97. The zero-order chi connectivity index (χ0) is 10.3. The second kappa shape index (κ2) is 3.06. The van der Waals surface area contributed by atoms with Crippen LogP contribution in [-0.2, 0) is 10.3 Å². The van der Waals surface area contributed by atoms with Crippen LogP contribution in [0.4, 0.5) is 0 Å². The molecule has 3 rings (SSSR count). The van der Waals surface area contributed by atoms with Crippen LogP contribution < -0.4 is 11.3 Å². The van der Waals surface area contributed by atoms with Gasteiger partial charge >= 0.3 is 0 Å². The van der Waals surface area contributed by atoms with Gasteiger partial charge in [-0.05, 0) is 6.07 Å². The first-order valence-electron chi connectivity index (χ1n) is 4.88. The van der Waals surface area contributed by atoms with E-state index in [0.29, 0.717) is 13.2 Å². The first-order chi connectivity index (χ1) is 7.36. The Labute approximate surface area is 87.0 Å². The smallest absolute Gasteiger partial charge is 0.134 e. The molecule has 1 aliphatic rings. The SMILES string of the molecule is NNC1(c2coc3ccccc23)COC1. The zero-order valence-corrected chi connectivity index (χ0v) is 8.19. The molecule has 0 saturated carbocycles. The maximum absolute atomic E-state index is 5.58. The third kappa shape index (κ3) is 1.13. The summed E-state index contributed by atoms with van der Waals surface area (Å²) in [6.45, 7) is 1.18. The highest BCUT2D eigenvalue weighted by Crippen LogP contribution is 2.34. The Kier molecular flexibility index (Phi) is 1.82. The summed E-state index contributed by atoms with van der Waals surface area (Å²) in [5.41, 5.74) is 4.51. The molecular weight excluding hydrogens is 192 g/mol. The lowest BCUT2D eigenvalue weighted by molar-refractivity contribution is -0.0782. The Hall–Kier alpha value is -1.36. The first-order valence-corrected chi connectivity index (χ1v) is 4.88. The average Bonchev–Trinajstić information content (AvgIpc) is 2.62. The van der Waals surface area contributed by atoms with Gasteiger partial charge in [0.25, 0.3) is 0 Å². The molecule has 1 saturated heterocycles. The molecule has 0 aliphatic carbocycles. The van der Waals surface area contributed by atoms with Crippen LogP contribution in [0.1, 0.15) is 5.56 Å². The van der Waals surface area contributed by atoms with Gasteiger partial charge in [-0.25, -0.2) is 5.43 Å². The minimum absolute atomic E-state index is 0.271. The van der Waals surface area contributed by atoms with Gasteiger partial charge in [0, 0.05) is 10.9 Å². The van der Waals surface area contributed by atoms with E-state index in [0.717, 1.165) is 16.5 Å². The van der Waals surface area contributed by atoms with Crippen molar-refractivity contribution in [2.45, 2.75) is 5.54 Å². The Bertz CT molecular complexity index is 483. The van der Waals surface area contributed by atoms with Gasteiger partial charge in [-0.3, -0.25) is 5.84 Å². The van der Waals surface area contributed by atoms with E-state index in [4.69, 9.17) is 15.0 Å². The fourth-order valence-electron chi connectivity index (χ4n) is 1.97. The Morgan fingerprint density at radius 3 is 2.73 bits per heavy atom. The maximum Gasteiger partial charge on any atom is 0.134 e. The molecule has 0 radical (unpaired) electrons. The number of hydrogen-bond donors (Lipinski definition) is 2. The summed E-state index contributed by atoms with van der Waals surface area (Å²) < 4.78 is 10.7. The van der Waals surface area contributed by atoms with E-state index in [2.05, 4.69) is 5.43 Å². The van der Waals surface area contributed by atoms with Gasteiger partial charge in [0.1, 0.15) is 11.1 Å². The van der Waals surface area contributed by atoms with Crippen LogP contribution in [0.15, 0.2) is 34.9 Å². The van der Waals surface area contributed by atoms with Gasteiger partial charge < -0.3 is 9.15 Å². The molecule has 1 aliphatic heterocycles. The van der Waals surface area contributed by atoms with E-state index in [1.54, 1.807) is 6.26 Å². The summed E-state index contributed by atoms with van der Waals surface area (Å²) in [6, 6.07) is 7.93. The van der Waals surface area contributed by atoms with E-state index >= 15 is 0 Å². The van der Waals surface area contributed by atoms with Crippen LogP contribution in [-0.4, -0.2) is 13.2 Å². The van der Waals surface area contributed by atoms with Gasteiger partial charge in [-0.15, -0.1) is 0 Å². The molecule has 0 bridgehead atoms. The maximum atomic E-state index is 5.58. The summed E-state index contributed by atoms with van der Waals surface area (Å²) in [4.78, 5) is 0. The van der Waals surface area contributed by atoms with Crippen molar-refractivity contribution in [1.82, 2.24) is 5.43 Å². The fourth-order valence-corrected chi connectivity index (χ4v) is 1.97. The van der Waals surface area contributed by atoms with Crippen molar-refractivity contribution in [3.8, 4) is 0 Å². The molecular formula is C11H12N2O2. The first kappa shape index (κ1) is 8.91. The normalized spacial score (nSPS) is 19.0. The number of para-hydroxylation sites is 1. The van der Waals surface area contributed by atoms with Gasteiger partial charge in [0.15, 0.2) is 0 Å². The minimum Gasteiger partial charge on any atom is -0.464 e. The molecule has 1 aromatic heterocycles. The van der Waals surface area contributed by atoms with Crippen LogP contribution >= 0.6 is 0 Å². The van der Waals surface area contributed by atoms with Gasteiger partial charge in [-0.2, -0.15) is 0 Å². The fraction of sp³-hybridized carbons (Fsp3) is 0.273. The van der Waals surface area contributed by atoms with Crippen LogP contribution in [0.3, 0.4) is 0 Å². The van der Waals surface area contributed by atoms with Crippen molar-refractivity contribution >= 4 is 11.0 Å². The summed E-state index contributed by atoms with van der Waals surface area (Å²) in [5.74, 6) is 5.58. The highest BCUT2D eigenvalue weighted by molar-refractivity contribution is 5.82. The average molecular weight is 204 g/mol. The van der Waals surface area contributed by atoms with Crippen molar-refractivity contribution in [3.63, 3.8) is 0 Å². The molecule has 3 N–H and O–H groups in total. The summed E-state index contributed by atoms with van der Waals surface area (Å²) >= 11 is 0. The highest BCUT2D eigenvalue weighted by atomic mass is 16.5. The topological polar surface area (TPSA) is 60.4 Å². The van der Waals surface area contributed by atoms with Crippen molar-refractivity contribution in [2.75, 3.05) is 13.2 Å². The second-order valence-corrected chi connectivity index (χ2v) is 3.86. The molecule has 2 heterocycles. The Morgan fingerprint density at radius 1 is 1.27 bits per heavy atom. The lowest BCUT2D eigenvalue weighted by Crippen LogP contribution is -2.60.